The number of azide groups is 1. The van der Waals surface area contributed by atoms with Gasteiger partial charge in [-0.3, -0.25) is 4.79 Å². The van der Waals surface area contributed by atoms with E-state index in [4.69, 9.17) is 19.7 Å². The Kier molecular flexibility index (Phi) is 12.4. The first-order valence-corrected chi connectivity index (χ1v) is 11.4. The van der Waals surface area contributed by atoms with Crippen LogP contribution in [0.3, 0.4) is 0 Å². The quantitative estimate of drug-likeness (QED) is 0.101. The van der Waals surface area contributed by atoms with Crippen molar-refractivity contribution in [1.82, 2.24) is 16.0 Å². The van der Waals surface area contributed by atoms with E-state index in [1.807, 2.05) is 11.8 Å². The highest BCUT2D eigenvalue weighted by Gasteiger charge is 2.42. The Bertz CT molecular complexity index is 577. The molecule has 12 heteroatoms. The van der Waals surface area contributed by atoms with E-state index in [9.17, 15) is 9.59 Å². The smallest absolute Gasteiger partial charge is 0.315 e. The van der Waals surface area contributed by atoms with Gasteiger partial charge in [0.1, 0.15) is 0 Å². The lowest BCUT2D eigenvalue weighted by Gasteiger charge is -2.16. The minimum atomic E-state index is -0.0589. The zero-order chi connectivity index (χ0) is 21.4. The first-order chi connectivity index (χ1) is 14.7. The van der Waals surface area contributed by atoms with Gasteiger partial charge in [-0.2, -0.15) is 11.8 Å². The molecule has 2 fully saturated rings. The van der Waals surface area contributed by atoms with Crippen LogP contribution in [0.4, 0.5) is 4.79 Å². The van der Waals surface area contributed by atoms with Crippen molar-refractivity contribution in [2.45, 2.75) is 43.0 Å². The maximum absolute atomic E-state index is 11.9. The predicted molar refractivity (Wildman–Crippen MR) is 113 cm³/mol. The van der Waals surface area contributed by atoms with Gasteiger partial charge in [-0.05, 0) is 18.4 Å². The first kappa shape index (κ1) is 24.5. The molecule has 2 heterocycles. The third-order valence-electron chi connectivity index (χ3n) is 4.79. The lowest BCUT2D eigenvalue weighted by atomic mass is 10.0. The number of rotatable bonds is 17. The van der Waals surface area contributed by atoms with Gasteiger partial charge < -0.3 is 30.2 Å². The number of thioether (sulfide) groups is 1. The van der Waals surface area contributed by atoms with E-state index in [1.54, 1.807) is 0 Å². The largest absolute Gasteiger partial charge is 0.379 e. The second-order valence-corrected chi connectivity index (χ2v) is 8.28. The molecular formula is C18H32N6O5S. The number of hydrogen-bond donors (Lipinski definition) is 3. The van der Waals surface area contributed by atoms with Gasteiger partial charge in [0.15, 0.2) is 0 Å². The van der Waals surface area contributed by atoms with Crippen LogP contribution in [0.25, 0.3) is 10.4 Å². The first-order valence-electron chi connectivity index (χ1n) is 10.4. The van der Waals surface area contributed by atoms with Crippen molar-refractivity contribution in [3.05, 3.63) is 10.4 Å². The average Bonchev–Trinajstić information content (AvgIpc) is 3.28. The molecule has 3 atom stereocenters. The molecule has 2 saturated heterocycles. The number of carbonyl (C=O) groups excluding carboxylic acids is 2. The van der Waals surface area contributed by atoms with Crippen LogP contribution in [0.1, 0.15) is 25.7 Å². The van der Waals surface area contributed by atoms with Gasteiger partial charge in [-0.1, -0.05) is 11.5 Å². The summed E-state index contributed by atoms with van der Waals surface area (Å²) in [5.41, 5.74) is 8.10. The number of urea groups is 1. The molecule has 3 amide bonds. The van der Waals surface area contributed by atoms with Crippen LogP contribution in [-0.4, -0.2) is 87.8 Å². The molecule has 0 aliphatic carbocycles. The Hall–Kier alpha value is -1.72. The van der Waals surface area contributed by atoms with E-state index in [2.05, 4.69) is 26.0 Å². The van der Waals surface area contributed by atoms with Crippen LogP contribution in [0, 0.1) is 0 Å². The highest BCUT2D eigenvalue weighted by molar-refractivity contribution is 8.00. The molecule has 2 aliphatic heterocycles. The number of nitrogens with zero attached hydrogens (tertiary/aromatic N) is 3. The van der Waals surface area contributed by atoms with Crippen LogP contribution in [0.15, 0.2) is 5.11 Å². The highest BCUT2D eigenvalue weighted by atomic mass is 32.2. The van der Waals surface area contributed by atoms with E-state index in [0.717, 1.165) is 25.0 Å². The summed E-state index contributed by atoms with van der Waals surface area (Å²) in [4.78, 5) is 25.9. The molecule has 30 heavy (non-hydrogen) atoms. The summed E-state index contributed by atoms with van der Waals surface area (Å²) in [6.07, 6.45) is 3.36. The maximum atomic E-state index is 11.9. The van der Waals surface area contributed by atoms with Gasteiger partial charge in [0, 0.05) is 35.4 Å². The SMILES string of the molecule is [N-]=[N+]=NCCOCCOCCOCCNC(=O)CCCC[C@@H]1SC[C@H]2NC(=O)N[C@H]12. The van der Waals surface area contributed by atoms with Crippen molar-refractivity contribution in [3.63, 3.8) is 0 Å². The Balaban J connectivity index is 1.32. The van der Waals surface area contributed by atoms with Crippen molar-refractivity contribution in [2.75, 3.05) is 58.5 Å². The van der Waals surface area contributed by atoms with E-state index in [0.29, 0.717) is 64.4 Å². The molecule has 3 N–H and O–H groups in total. The third kappa shape index (κ3) is 9.86. The molecule has 0 bridgehead atoms. The summed E-state index contributed by atoms with van der Waals surface area (Å²) in [5, 5.41) is 12.6. The predicted octanol–water partition coefficient (Wildman–Crippen LogP) is 1.19. The number of ether oxygens (including phenoxy) is 3. The summed E-state index contributed by atoms with van der Waals surface area (Å²) in [7, 11) is 0. The Morgan fingerprint density at radius 1 is 1.13 bits per heavy atom. The van der Waals surface area contributed by atoms with Crippen LogP contribution in [-0.2, 0) is 19.0 Å². The van der Waals surface area contributed by atoms with Crippen LogP contribution < -0.4 is 16.0 Å². The molecule has 0 saturated carbocycles. The van der Waals surface area contributed by atoms with Crippen molar-refractivity contribution in [2.24, 2.45) is 5.11 Å². The number of carbonyl (C=O) groups is 2. The molecule has 0 aromatic carbocycles. The van der Waals surface area contributed by atoms with Crippen molar-refractivity contribution >= 4 is 23.7 Å². The number of amides is 3. The van der Waals surface area contributed by atoms with Crippen molar-refractivity contribution < 1.29 is 23.8 Å². The fraction of sp³-hybridized carbons (Fsp3) is 0.889. The molecule has 0 radical (unpaired) electrons. The van der Waals surface area contributed by atoms with Crippen LogP contribution >= 0.6 is 11.8 Å². The molecule has 2 rings (SSSR count). The molecule has 11 nitrogen and oxygen atoms in total. The van der Waals surface area contributed by atoms with E-state index in [1.165, 1.54) is 0 Å². The molecule has 170 valence electrons. The summed E-state index contributed by atoms with van der Waals surface area (Å²) >= 11 is 1.90. The zero-order valence-electron chi connectivity index (χ0n) is 17.2. The second-order valence-electron chi connectivity index (χ2n) is 7.01. The Morgan fingerprint density at radius 3 is 2.63 bits per heavy atom. The van der Waals surface area contributed by atoms with E-state index < -0.39 is 0 Å². The molecule has 2 aliphatic rings. The summed E-state index contributed by atoms with van der Waals surface area (Å²) in [6, 6.07) is 0.426. The molecule has 0 aromatic heterocycles. The zero-order valence-corrected chi connectivity index (χ0v) is 18.0. The Morgan fingerprint density at radius 2 is 1.87 bits per heavy atom. The molecule has 0 spiro atoms. The number of nitrogens with one attached hydrogen (secondary N) is 3. The minimum Gasteiger partial charge on any atom is -0.379 e. The standard InChI is InChI=1S/C18H32N6O5S/c19-24-21-6-8-28-10-12-29-11-9-27-7-5-20-16(25)4-2-1-3-15-17-14(13-30-15)22-18(26)23-17/h14-15,17H,1-13H2,(H,20,25)(H2,22,23,26)/t14-,15+,17+/m1/s1. The second kappa shape index (κ2) is 15.1. The highest BCUT2D eigenvalue weighted by Crippen LogP contribution is 2.33. The van der Waals surface area contributed by atoms with Gasteiger partial charge in [-0.15, -0.1) is 0 Å². The summed E-state index contributed by atoms with van der Waals surface area (Å²) < 4.78 is 15.9. The van der Waals surface area contributed by atoms with Crippen LogP contribution in [0.5, 0.6) is 0 Å². The topological polar surface area (TPSA) is 147 Å². The van der Waals surface area contributed by atoms with Gasteiger partial charge >= 0.3 is 6.03 Å². The van der Waals surface area contributed by atoms with Gasteiger partial charge in [0.25, 0.3) is 0 Å². The summed E-state index contributed by atoms with van der Waals surface area (Å²) in [6.45, 7) is 3.48. The van der Waals surface area contributed by atoms with E-state index in [-0.39, 0.29) is 24.0 Å². The minimum absolute atomic E-state index is 0.0421. The average molecular weight is 445 g/mol. The van der Waals surface area contributed by atoms with Crippen molar-refractivity contribution in [3.8, 4) is 0 Å². The van der Waals surface area contributed by atoms with Gasteiger partial charge in [-0.25, -0.2) is 4.79 Å². The number of fused-ring (bicyclic) bond motifs is 1. The lowest BCUT2D eigenvalue weighted by Crippen LogP contribution is -2.36. The summed E-state index contributed by atoms with van der Waals surface area (Å²) in [5.74, 6) is 1.01. The van der Waals surface area contributed by atoms with E-state index >= 15 is 0 Å². The maximum Gasteiger partial charge on any atom is 0.315 e. The third-order valence-corrected chi connectivity index (χ3v) is 6.30. The van der Waals surface area contributed by atoms with Crippen molar-refractivity contribution in [1.29, 1.82) is 0 Å². The fourth-order valence-corrected chi connectivity index (χ4v) is 4.86. The lowest BCUT2D eigenvalue weighted by molar-refractivity contribution is -0.121. The molecular weight excluding hydrogens is 412 g/mol. The number of hydrogen-bond acceptors (Lipinski definition) is 7. The normalized spacial score (nSPS) is 22.1. The molecule has 0 unspecified atom stereocenters. The monoisotopic (exact) mass is 444 g/mol. The number of unbranched alkanes of at least 4 members (excludes halogenated alkanes) is 1. The van der Waals surface area contributed by atoms with Gasteiger partial charge in [0.2, 0.25) is 5.91 Å². The fourth-order valence-electron chi connectivity index (χ4n) is 3.32. The van der Waals surface area contributed by atoms with Crippen LogP contribution in [0.2, 0.25) is 0 Å². The van der Waals surface area contributed by atoms with Gasteiger partial charge in [0.05, 0.1) is 51.7 Å². The molecule has 0 aromatic rings. The Labute approximate surface area is 181 Å².